The Kier molecular flexibility index (Phi) is 2.54. The summed E-state index contributed by atoms with van der Waals surface area (Å²) in [5.41, 5.74) is 1.14. The number of fused-ring (bicyclic) bond motifs is 1. The van der Waals surface area contributed by atoms with Gasteiger partial charge in [-0.25, -0.2) is 0 Å². The third-order valence-electron chi connectivity index (χ3n) is 4.04. The zero-order valence-electron chi connectivity index (χ0n) is 10.1. The Labute approximate surface area is 101 Å². The van der Waals surface area contributed by atoms with E-state index in [4.69, 9.17) is 0 Å². The van der Waals surface area contributed by atoms with Crippen LogP contribution in [0.1, 0.15) is 19.8 Å². The first-order chi connectivity index (χ1) is 8.28. The Morgan fingerprint density at radius 1 is 1.47 bits per heavy atom. The second kappa shape index (κ2) is 4.06. The molecule has 2 aliphatic carbocycles. The third-order valence-corrected chi connectivity index (χ3v) is 4.04. The second-order valence-corrected chi connectivity index (χ2v) is 5.03. The van der Waals surface area contributed by atoms with E-state index in [2.05, 4.69) is 17.5 Å². The summed E-state index contributed by atoms with van der Waals surface area (Å²) in [6.45, 7) is 2.72. The molecule has 17 heavy (non-hydrogen) atoms. The number of nitrogens with one attached hydrogen (secondary N) is 1. The molecule has 1 aromatic rings. The van der Waals surface area contributed by atoms with Gasteiger partial charge < -0.3 is 9.88 Å². The van der Waals surface area contributed by atoms with E-state index in [0.717, 1.165) is 18.2 Å². The van der Waals surface area contributed by atoms with Crippen molar-refractivity contribution in [2.24, 2.45) is 11.8 Å². The van der Waals surface area contributed by atoms with Gasteiger partial charge in [-0.05, 0) is 31.7 Å². The highest BCUT2D eigenvalue weighted by Gasteiger charge is 2.40. The lowest BCUT2D eigenvalue weighted by atomic mass is 9.71. The summed E-state index contributed by atoms with van der Waals surface area (Å²) in [6, 6.07) is 4.09. The number of aromatic nitrogens is 1. The number of hydrogen-bond acceptors (Lipinski definition) is 2. The topological polar surface area (TPSA) is 34.0 Å². The van der Waals surface area contributed by atoms with Gasteiger partial charge >= 0.3 is 0 Å². The number of pyridine rings is 1. The predicted octanol–water partition coefficient (Wildman–Crippen LogP) is 2.24. The highest BCUT2D eigenvalue weighted by atomic mass is 16.1. The van der Waals surface area contributed by atoms with Gasteiger partial charge in [0.15, 0.2) is 0 Å². The van der Waals surface area contributed by atoms with Crippen LogP contribution in [0.4, 0.5) is 5.69 Å². The van der Waals surface area contributed by atoms with Gasteiger partial charge in [0.1, 0.15) is 0 Å². The molecule has 1 heterocycles. The lowest BCUT2D eigenvalue weighted by Gasteiger charge is -2.41. The molecule has 3 atom stereocenters. The smallest absolute Gasteiger partial charge is 0.250 e. The van der Waals surface area contributed by atoms with Gasteiger partial charge in [0, 0.05) is 30.8 Å². The van der Waals surface area contributed by atoms with E-state index in [9.17, 15) is 4.79 Å². The van der Waals surface area contributed by atoms with Crippen molar-refractivity contribution in [1.82, 2.24) is 4.57 Å². The van der Waals surface area contributed by atoms with Crippen LogP contribution in [0.15, 0.2) is 35.3 Å². The minimum Gasteiger partial charge on any atom is -0.381 e. The summed E-state index contributed by atoms with van der Waals surface area (Å²) in [6.07, 6.45) is 9.06. The standard InChI is InChI=1S/C14H18N2O/c1-2-16-9-11(6-7-14(16)17)15-13-8-10-4-3-5-12(10)13/h3,5-7,9-10,12-13,15H,2,4,8H2,1H3. The number of allylic oxidation sites excluding steroid dienone is 1. The number of nitrogens with zero attached hydrogens (tertiary/aromatic N) is 1. The van der Waals surface area contributed by atoms with Crippen LogP contribution in [-0.4, -0.2) is 10.6 Å². The van der Waals surface area contributed by atoms with Gasteiger partial charge in [0.25, 0.3) is 5.56 Å². The molecular formula is C14H18N2O. The first-order valence-electron chi connectivity index (χ1n) is 6.41. The van der Waals surface area contributed by atoms with Crippen LogP contribution in [0.2, 0.25) is 0 Å². The molecule has 0 bridgehead atoms. The van der Waals surface area contributed by atoms with E-state index in [1.807, 2.05) is 19.2 Å². The van der Waals surface area contributed by atoms with Crippen molar-refractivity contribution in [3.05, 3.63) is 40.8 Å². The fourth-order valence-electron chi connectivity index (χ4n) is 2.96. The summed E-state index contributed by atoms with van der Waals surface area (Å²) in [5, 5.41) is 3.54. The van der Waals surface area contributed by atoms with E-state index in [1.54, 1.807) is 10.6 Å². The fraction of sp³-hybridized carbons (Fsp3) is 0.500. The van der Waals surface area contributed by atoms with Crippen molar-refractivity contribution < 1.29 is 0 Å². The minimum absolute atomic E-state index is 0.0744. The molecule has 3 unspecified atom stereocenters. The Bertz CT molecular complexity index is 503. The molecule has 0 aromatic carbocycles. The Morgan fingerprint density at radius 3 is 3.12 bits per heavy atom. The van der Waals surface area contributed by atoms with Crippen molar-refractivity contribution in [2.75, 3.05) is 5.32 Å². The maximum absolute atomic E-state index is 11.5. The summed E-state index contributed by atoms with van der Waals surface area (Å²) in [7, 11) is 0. The van der Waals surface area contributed by atoms with Crippen LogP contribution in [-0.2, 0) is 6.54 Å². The van der Waals surface area contributed by atoms with Gasteiger partial charge in [0.2, 0.25) is 0 Å². The molecule has 0 amide bonds. The Balaban J connectivity index is 1.73. The van der Waals surface area contributed by atoms with Crippen molar-refractivity contribution in [3.63, 3.8) is 0 Å². The van der Waals surface area contributed by atoms with Crippen molar-refractivity contribution in [2.45, 2.75) is 32.4 Å². The van der Waals surface area contributed by atoms with E-state index >= 15 is 0 Å². The van der Waals surface area contributed by atoms with Crippen LogP contribution >= 0.6 is 0 Å². The summed E-state index contributed by atoms with van der Waals surface area (Å²) < 4.78 is 1.74. The van der Waals surface area contributed by atoms with Crippen LogP contribution < -0.4 is 10.9 Å². The molecule has 1 fully saturated rings. The molecule has 3 nitrogen and oxygen atoms in total. The molecule has 1 saturated carbocycles. The molecule has 90 valence electrons. The number of anilines is 1. The molecule has 0 radical (unpaired) electrons. The number of aryl methyl sites for hydroxylation is 1. The molecule has 3 heteroatoms. The third kappa shape index (κ3) is 1.79. The summed E-state index contributed by atoms with van der Waals surface area (Å²) in [5.74, 6) is 1.57. The van der Waals surface area contributed by atoms with Crippen molar-refractivity contribution in [3.8, 4) is 0 Å². The van der Waals surface area contributed by atoms with Crippen LogP contribution in [0.25, 0.3) is 0 Å². The van der Waals surface area contributed by atoms with Crippen molar-refractivity contribution in [1.29, 1.82) is 0 Å². The lowest BCUT2D eigenvalue weighted by Crippen LogP contribution is -2.43. The van der Waals surface area contributed by atoms with Gasteiger partial charge in [-0.1, -0.05) is 12.2 Å². The lowest BCUT2D eigenvalue weighted by molar-refractivity contribution is 0.218. The van der Waals surface area contributed by atoms with E-state index in [1.165, 1.54) is 12.8 Å². The first-order valence-corrected chi connectivity index (χ1v) is 6.41. The average molecular weight is 230 g/mol. The summed E-state index contributed by atoms with van der Waals surface area (Å²) in [4.78, 5) is 11.5. The highest BCUT2D eigenvalue weighted by molar-refractivity contribution is 5.43. The zero-order chi connectivity index (χ0) is 11.8. The molecule has 1 N–H and O–H groups in total. The first kappa shape index (κ1) is 10.6. The Hall–Kier alpha value is -1.51. The maximum Gasteiger partial charge on any atom is 0.250 e. The number of rotatable bonds is 3. The Morgan fingerprint density at radius 2 is 2.35 bits per heavy atom. The van der Waals surface area contributed by atoms with Gasteiger partial charge in [0.05, 0.1) is 5.69 Å². The van der Waals surface area contributed by atoms with Gasteiger partial charge in [-0.15, -0.1) is 0 Å². The van der Waals surface area contributed by atoms with Crippen molar-refractivity contribution >= 4 is 5.69 Å². The molecule has 0 saturated heterocycles. The van der Waals surface area contributed by atoms with E-state index < -0.39 is 0 Å². The van der Waals surface area contributed by atoms with E-state index in [-0.39, 0.29) is 5.56 Å². The minimum atomic E-state index is 0.0744. The van der Waals surface area contributed by atoms with Gasteiger partial charge in [-0.2, -0.15) is 0 Å². The molecule has 3 rings (SSSR count). The van der Waals surface area contributed by atoms with Gasteiger partial charge in [-0.3, -0.25) is 4.79 Å². The maximum atomic E-state index is 11.5. The van der Waals surface area contributed by atoms with Crippen LogP contribution in [0.5, 0.6) is 0 Å². The highest BCUT2D eigenvalue weighted by Crippen LogP contribution is 2.43. The molecule has 2 aliphatic rings. The molecule has 0 spiro atoms. The predicted molar refractivity (Wildman–Crippen MR) is 69.1 cm³/mol. The quantitative estimate of drug-likeness (QED) is 0.808. The SMILES string of the molecule is CCn1cc(NC2CC3CC=CC32)ccc1=O. The number of hydrogen-bond donors (Lipinski definition) is 1. The average Bonchev–Trinajstić information content (AvgIpc) is 2.69. The second-order valence-electron chi connectivity index (χ2n) is 5.03. The van der Waals surface area contributed by atoms with E-state index in [0.29, 0.717) is 12.0 Å². The van der Waals surface area contributed by atoms with Crippen LogP contribution in [0, 0.1) is 11.8 Å². The zero-order valence-corrected chi connectivity index (χ0v) is 10.1. The van der Waals surface area contributed by atoms with Crippen LogP contribution in [0.3, 0.4) is 0 Å². The summed E-state index contributed by atoms with van der Waals surface area (Å²) >= 11 is 0. The molecule has 1 aromatic heterocycles. The monoisotopic (exact) mass is 230 g/mol. The fourth-order valence-corrected chi connectivity index (χ4v) is 2.96. The largest absolute Gasteiger partial charge is 0.381 e. The normalized spacial score (nSPS) is 29.8. The molecular weight excluding hydrogens is 212 g/mol. The molecule has 0 aliphatic heterocycles.